The summed E-state index contributed by atoms with van der Waals surface area (Å²) in [6.07, 6.45) is 4.85. The van der Waals surface area contributed by atoms with E-state index >= 15 is 0 Å². The fraction of sp³-hybridized carbons (Fsp3) is 0.625. The molecule has 0 aromatic heterocycles. The van der Waals surface area contributed by atoms with Crippen molar-refractivity contribution >= 4 is 11.4 Å². The van der Waals surface area contributed by atoms with Crippen molar-refractivity contribution < 1.29 is 22.0 Å². The molecule has 1 saturated heterocycles. The molecule has 1 fully saturated rings. The molecule has 5 nitrogen and oxygen atoms in total. The monoisotopic (exact) mass is 328 g/mol. The minimum atomic E-state index is -1.75. The Morgan fingerprint density at radius 3 is 2.68 bits per heavy atom. The fourth-order valence-corrected chi connectivity index (χ4v) is 2.66. The van der Waals surface area contributed by atoms with Crippen LogP contribution in [0.4, 0.5) is 0 Å². The van der Waals surface area contributed by atoms with Crippen LogP contribution in [0.25, 0.3) is 0 Å². The number of ether oxygens (including phenoxy) is 2. The molecule has 1 heterocycles. The highest BCUT2D eigenvalue weighted by molar-refractivity contribution is 7.75. The summed E-state index contributed by atoms with van der Waals surface area (Å²) < 4.78 is 33.0. The summed E-state index contributed by atoms with van der Waals surface area (Å²) in [5, 5.41) is 0. The summed E-state index contributed by atoms with van der Waals surface area (Å²) in [6.45, 7) is 3.80. The van der Waals surface area contributed by atoms with Crippen LogP contribution in [-0.2, 0) is 25.0 Å². The molecule has 2 atom stereocenters. The molecule has 2 rings (SSSR count). The molecule has 1 aliphatic rings. The van der Waals surface area contributed by atoms with Crippen LogP contribution in [0.5, 0.6) is 5.75 Å². The van der Waals surface area contributed by atoms with Gasteiger partial charge in [0.25, 0.3) is 0 Å². The lowest BCUT2D eigenvalue weighted by molar-refractivity contribution is -0.162. The number of benzene rings is 1. The Morgan fingerprint density at radius 2 is 1.95 bits per heavy atom. The zero-order valence-electron chi connectivity index (χ0n) is 13.0. The van der Waals surface area contributed by atoms with Crippen LogP contribution in [0.2, 0.25) is 0 Å². The van der Waals surface area contributed by atoms with E-state index in [1.54, 1.807) is 12.1 Å². The molecule has 0 spiro atoms. The topological polar surface area (TPSA) is 54.0 Å². The van der Waals surface area contributed by atoms with Crippen LogP contribution in [0, 0.1) is 6.92 Å². The van der Waals surface area contributed by atoms with Gasteiger partial charge in [0.2, 0.25) is 0 Å². The summed E-state index contributed by atoms with van der Waals surface area (Å²) in [7, 11) is 0. The first-order chi connectivity index (χ1) is 10.7. The molecule has 0 aliphatic carbocycles. The lowest BCUT2D eigenvalue weighted by Crippen LogP contribution is -2.22. The molecule has 124 valence electrons. The third-order valence-electron chi connectivity index (χ3n) is 3.35. The van der Waals surface area contributed by atoms with Crippen molar-refractivity contribution in [1.29, 1.82) is 0 Å². The predicted octanol–water partition coefficient (Wildman–Crippen LogP) is 3.29. The van der Waals surface area contributed by atoms with Crippen molar-refractivity contribution in [3.8, 4) is 5.75 Å². The Balaban J connectivity index is 1.49. The van der Waals surface area contributed by atoms with Gasteiger partial charge in [0, 0.05) is 13.2 Å². The van der Waals surface area contributed by atoms with Crippen LogP contribution >= 0.6 is 0 Å². The average molecular weight is 328 g/mol. The van der Waals surface area contributed by atoms with Crippen LogP contribution in [0.1, 0.15) is 37.7 Å². The first-order valence-electron chi connectivity index (χ1n) is 7.77. The molecule has 1 aliphatic heterocycles. The normalized spacial score (nSPS) is 19.8. The van der Waals surface area contributed by atoms with Gasteiger partial charge in [0.05, 0.1) is 6.61 Å². The van der Waals surface area contributed by atoms with Gasteiger partial charge in [0.1, 0.15) is 5.75 Å². The minimum absolute atomic E-state index is 0.0475. The largest absolute Gasteiger partial charge is 0.380 e. The molecule has 1 aromatic rings. The van der Waals surface area contributed by atoms with Crippen molar-refractivity contribution in [3.63, 3.8) is 0 Å². The Bertz CT molecular complexity index is 442. The van der Waals surface area contributed by atoms with Gasteiger partial charge in [0.15, 0.2) is 6.29 Å². The first kappa shape index (κ1) is 17.4. The van der Waals surface area contributed by atoms with Gasteiger partial charge >= 0.3 is 11.4 Å². The van der Waals surface area contributed by atoms with E-state index in [1.807, 2.05) is 19.1 Å². The average Bonchev–Trinajstić information content (AvgIpc) is 2.54. The van der Waals surface area contributed by atoms with E-state index in [0.29, 0.717) is 19.0 Å². The highest BCUT2D eigenvalue weighted by Crippen LogP contribution is 2.14. The van der Waals surface area contributed by atoms with Gasteiger partial charge in [-0.3, -0.25) is 4.18 Å². The van der Waals surface area contributed by atoms with Crippen molar-refractivity contribution in [2.75, 3.05) is 19.8 Å². The van der Waals surface area contributed by atoms with Gasteiger partial charge in [-0.1, -0.05) is 17.7 Å². The van der Waals surface area contributed by atoms with E-state index < -0.39 is 11.4 Å². The van der Waals surface area contributed by atoms with Gasteiger partial charge in [-0.15, -0.1) is 0 Å². The molecular weight excluding hydrogens is 304 g/mol. The van der Waals surface area contributed by atoms with Crippen molar-refractivity contribution in [2.45, 2.75) is 45.3 Å². The summed E-state index contributed by atoms with van der Waals surface area (Å²) in [4.78, 5) is 0. The van der Waals surface area contributed by atoms with E-state index in [2.05, 4.69) is 0 Å². The molecule has 6 heteroatoms. The smallest absolute Gasteiger partial charge is 0.360 e. The second kappa shape index (κ2) is 9.94. The van der Waals surface area contributed by atoms with Gasteiger partial charge in [-0.25, -0.2) is 0 Å². The number of hydrogen-bond donors (Lipinski definition) is 0. The van der Waals surface area contributed by atoms with Crippen LogP contribution in [0.3, 0.4) is 0 Å². The maximum absolute atomic E-state index is 11.6. The molecule has 0 N–H and O–H groups in total. The van der Waals surface area contributed by atoms with Crippen molar-refractivity contribution in [3.05, 3.63) is 29.8 Å². The standard InChI is InChI=1S/C16H24O5S/c1-14-7-9-15(10-8-14)21-22(17)20-13-5-4-12-19-16-6-2-3-11-18-16/h7-10,16H,2-6,11-13H2,1H3. The highest BCUT2D eigenvalue weighted by atomic mass is 32.2. The van der Waals surface area contributed by atoms with E-state index in [-0.39, 0.29) is 6.29 Å². The highest BCUT2D eigenvalue weighted by Gasteiger charge is 2.13. The van der Waals surface area contributed by atoms with E-state index in [9.17, 15) is 4.21 Å². The summed E-state index contributed by atoms with van der Waals surface area (Å²) >= 11 is -1.75. The van der Waals surface area contributed by atoms with E-state index in [1.165, 1.54) is 6.42 Å². The van der Waals surface area contributed by atoms with Crippen LogP contribution in [0.15, 0.2) is 24.3 Å². The SMILES string of the molecule is Cc1ccc(OS(=O)OCCCCOC2CCCCO2)cc1. The van der Waals surface area contributed by atoms with Gasteiger partial charge in [-0.2, -0.15) is 4.21 Å². The molecular formula is C16H24O5S. The Kier molecular flexibility index (Phi) is 7.87. The zero-order chi connectivity index (χ0) is 15.6. The van der Waals surface area contributed by atoms with Gasteiger partial charge in [-0.05, 0) is 51.2 Å². The third kappa shape index (κ3) is 6.87. The molecule has 0 amide bonds. The molecule has 0 radical (unpaired) electrons. The molecule has 1 aromatic carbocycles. The summed E-state index contributed by atoms with van der Waals surface area (Å²) in [5.41, 5.74) is 1.13. The first-order valence-corrected chi connectivity index (χ1v) is 8.77. The summed E-state index contributed by atoms with van der Waals surface area (Å²) in [6, 6.07) is 7.34. The number of hydrogen-bond acceptors (Lipinski definition) is 5. The lowest BCUT2D eigenvalue weighted by Gasteiger charge is -2.22. The number of rotatable bonds is 9. The summed E-state index contributed by atoms with van der Waals surface area (Å²) in [5.74, 6) is 0.543. The van der Waals surface area contributed by atoms with E-state index in [4.69, 9.17) is 17.8 Å². The second-order valence-corrected chi connectivity index (χ2v) is 6.11. The lowest BCUT2D eigenvalue weighted by atomic mass is 10.2. The Morgan fingerprint density at radius 1 is 1.18 bits per heavy atom. The van der Waals surface area contributed by atoms with Crippen LogP contribution in [-0.4, -0.2) is 30.3 Å². The van der Waals surface area contributed by atoms with E-state index in [0.717, 1.165) is 37.9 Å². The molecule has 0 saturated carbocycles. The predicted molar refractivity (Wildman–Crippen MR) is 84.7 cm³/mol. The van der Waals surface area contributed by atoms with Crippen molar-refractivity contribution in [2.24, 2.45) is 0 Å². The quantitative estimate of drug-likeness (QED) is 0.651. The minimum Gasteiger partial charge on any atom is -0.380 e. The second-order valence-electron chi connectivity index (χ2n) is 5.30. The Labute approximate surface area is 134 Å². The molecule has 2 unspecified atom stereocenters. The Hall–Kier alpha value is -0.950. The molecule has 0 bridgehead atoms. The third-order valence-corrected chi connectivity index (χ3v) is 4.03. The molecule has 22 heavy (non-hydrogen) atoms. The fourth-order valence-electron chi connectivity index (χ4n) is 2.08. The number of unbranched alkanes of at least 4 members (excludes halogenated alkanes) is 1. The van der Waals surface area contributed by atoms with Gasteiger partial charge < -0.3 is 13.7 Å². The van der Waals surface area contributed by atoms with Crippen LogP contribution < -0.4 is 4.18 Å². The number of aryl methyl sites for hydroxylation is 1. The maximum Gasteiger partial charge on any atom is 0.360 e. The zero-order valence-corrected chi connectivity index (χ0v) is 13.8. The van der Waals surface area contributed by atoms with Crippen molar-refractivity contribution in [1.82, 2.24) is 0 Å². The maximum atomic E-state index is 11.6.